The number of nitrogens with zero attached hydrogens (tertiary/aromatic N) is 1. The van der Waals surface area contributed by atoms with Crippen LogP contribution >= 0.6 is 0 Å². The van der Waals surface area contributed by atoms with Crippen LogP contribution in [-0.4, -0.2) is 4.98 Å². The number of fused-ring (bicyclic) bond motifs is 1. The zero-order valence-electron chi connectivity index (χ0n) is 10.9. The average molecular weight is 254 g/mol. The second-order valence-electron chi connectivity index (χ2n) is 4.93. The number of aryl methyl sites for hydroxylation is 2. The molecule has 0 bridgehead atoms. The predicted molar refractivity (Wildman–Crippen MR) is 75.3 cm³/mol. The third-order valence-electron chi connectivity index (χ3n) is 3.63. The maximum absolute atomic E-state index is 5.95. The highest BCUT2D eigenvalue weighted by molar-refractivity contribution is 5.41. The van der Waals surface area contributed by atoms with Gasteiger partial charge in [0.1, 0.15) is 11.5 Å². The van der Waals surface area contributed by atoms with Crippen molar-refractivity contribution in [1.82, 2.24) is 4.98 Å². The van der Waals surface area contributed by atoms with Crippen LogP contribution in [0.5, 0.6) is 11.5 Å². The Bertz CT molecular complexity index is 581. The third kappa shape index (κ3) is 2.61. The molecule has 2 N–H and O–H groups in total. The largest absolute Gasteiger partial charge is 0.457 e. The molecule has 1 aliphatic carbocycles. The number of pyridine rings is 1. The van der Waals surface area contributed by atoms with Crippen molar-refractivity contribution in [3.63, 3.8) is 0 Å². The highest BCUT2D eigenvalue weighted by Crippen LogP contribution is 2.29. The van der Waals surface area contributed by atoms with Crippen LogP contribution in [0.2, 0.25) is 0 Å². The Morgan fingerprint density at radius 3 is 2.79 bits per heavy atom. The van der Waals surface area contributed by atoms with E-state index >= 15 is 0 Å². The molecule has 3 heteroatoms. The topological polar surface area (TPSA) is 48.1 Å². The lowest BCUT2D eigenvalue weighted by atomic mass is 9.92. The standard InChI is InChI=1S/C16H18N2O/c17-10-14-11-18-8-7-16(14)19-15-6-5-12-3-1-2-4-13(12)9-15/h5-9,11H,1-4,10,17H2. The summed E-state index contributed by atoms with van der Waals surface area (Å²) in [4.78, 5) is 4.07. The number of hydrogen-bond acceptors (Lipinski definition) is 3. The van der Waals surface area contributed by atoms with E-state index in [0.29, 0.717) is 6.54 Å². The summed E-state index contributed by atoms with van der Waals surface area (Å²) in [6, 6.07) is 8.26. The lowest BCUT2D eigenvalue weighted by Crippen LogP contribution is -2.03. The van der Waals surface area contributed by atoms with E-state index in [-0.39, 0.29) is 0 Å². The van der Waals surface area contributed by atoms with Gasteiger partial charge in [-0.2, -0.15) is 0 Å². The molecule has 19 heavy (non-hydrogen) atoms. The molecule has 0 aliphatic heterocycles. The van der Waals surface area contributed by atoms with Gasteiger partial charge in [-0.3, -0.25) is 4.98 Å². The second kappa shape index (κ2) is 5.41. The first-order valence-corrected chi connectivity index (χ1v) is 6.79. The Hall–Kier alpha value is -1.87. The van der Waals surface area contributed by atoms with Crippen molar-refractivity contribution in [3.05, 3.63) is 53.3 Å². The Kier molecular flexibility index (Phi) is 3.47. The minimum Gasteiger partial charge on any atom is -0.457 e. The molecule has 1 aromatic carbocycles. The quantitative estimate of drug-likeness (QED) is 0.915. The molecule has 1 aromatic heterocycles. The van der Waals surface area contributed by atoms with E-state index in [2.05, 4.69) is 17.1 Å². The normalized spacial score (nSPS) is 13.9. The molecule has 1 heterocycles. The van der Waals surface area contributed by atoms with Crippen LogP contribution in [0.25, 0.3) is 0 Å². The predicted octanol–water partition coefficient (Wildman–Crippen LogP) is 3.21. The molecular weight excluding hydrogens is 236 g/mol. The van der Waals surface area contributed by atoms with Crippen molar-refractivity contribution in [1.29, 1.82) is 0 Å². The molecule has 98 valence electrons. The van der Waals surface area contributed by atoms with Crippen LogP contribution in [0.3, 0.4) is 0 Å². The van der Waals surface area contributed by atoms with E-state index in [1.807, 2.05) is 12.1 Å². The summed E-state index contributed by atoms with van der Waals surface area (Å²) >= 11 is 0. The molecule has 0 radical (unpaired) electrons. The van der Waals surface area contributed by atoms with Crippen LogP contribution in [0.15, 0.2) is 36.7 Å². The average Bonchev–Trinajstić information content (AvgIpc) is 2.48. The van der Waals surface area contributed by atoms with Crippen LogP contribution in [0.1, 0.15) is 29.5 Å². The number of rotatable bonds is 3. The van der Waals surface area contributed by atoms with Gasteiger partial charge in [0.05, 0.1) is 0 Å². The van der Waals surface area contributed by atoms with Gasteiger partial charge in [-0.15, -0.1) is 0 Å². The van der Waals surface area contributed by atoms with Gasteiger partial charge < -0.3 is 10.5 Å². The maximum atomic E-state index is 5.95. The van der Waals surface area contributed by atoms with Crippen LogP contribution < -0.4 is 10.5 Å². The molecular formula is C16H18N2O. The second-order valence-corrected chi connectivity index (χ2v) is 4.93. The van der Waals surface area contributed by atoms with E-state index in [1.165, 1.54) is 30.4 Å². The minimum absolute atomic E-state index is 0.439. The Balaban J connectivity index is 1.87. The lowest BCUT2D eigenvalue weighted by molar-refractivity contribution is 0.473. The van der Waals surface area contributed by atoms with Crippen molar-refractivity contribution in [2.24, 2.45) is 5.73 Å². The third-order valence-corrected chi connectivity index (χ3v) is 3.63. The molecule has 0 unspecified atom stereocenters. The number of aromatic nitrogens is 1. The SMILES string of the molecule is NCc1cnccc1Oc1ccc2c(c1)CCCC2. The van der Waals surface area contributed by atoms with Crippen LogP contribution in [0, 0.1) is 0 Å². The summed E-state index contributed by atoms with van der Waals surface area (Å²) in [5.74, 6) is 1.69. The molecule has 0 saturated heterocycles. The van der Waals surface area contributed by atoms with Gasteiger partial charge in [0.2, 0.25) is 0 Å². The van der Waals surface area contributed by atoms with E-state index in [1.54, 1.807) is 12.4 Å². The van der Waals surface area contributed by atoms with Gasteiger partial charge in [-0.25, -0.2) is 0 Å². The molecule has 0 fully saturated rings. The van der Waals surface area contributed by atoms with Gasteiger partial charge in [0.15, 0.2) is 0 Å². The fourth-order valence-corrected chi connectivity index (χ4v) is 2.57. The number of hydrogen-bond donors (Lipinski definition) is 1. The lowest BCUT2D eigenvalue weighted by Gasteiger charge is -2.17. The molecule has 3 rings (SSSR count). The Morgan fingerprint density at radius 1 is 1.11 bits per heavy atom. The first kappa shape index (κ1) is 12.2. The molecule has 2 aromatic rings. The minimum atomic E-state index is 0.439. The molecule has 1 aliphatic rings. The summed E-state index contributed by atoms with van der Waals surface area (Å²) in [5.41, 5.74) is 9.51. The van der Waals surface area contributed by atoms with Crippen molar-refractivity contribution in [2.45, 2.75) is 32.2 Å². The smallest absolute Gasteiger partial charge is 0.134 e. The zero-order chi connectivity index (χ0) is 13.1. The number of nitrogens with two attached hydrogens (primary N) is 1. The number of ether oxygens (including phenoxy) is 1. The van der Waals surface area contributed by atoms with Crippen molar-refractivity contribution in [3.8, 4) is 11.5 Å². The maximum Gasteiger partial charge on any atom is 0.134 e. The van der Waals surface area contributed by atoms with E-state index < -0.39 is 0 Å². The van der Waals surface area contributed by atoms with Gasteiger partial charge in [0, 0.05) is 24.5 Å². The molecule has 0 spiro atoms. The van der Waals surface area contributed by atoms with Gasteiger partial charge >= 0.3 is 0 Å². The molecule has 0 saturated carbocycles. The first-order valence-electron chi connectivity index (χ1n) is 6.79. The summed E-state index contributed by atoms with van der Waals surface area (Å²) < 4.78 is 5.95. The van der Waals surface area contributed by atoms with Gasteiger partial charge in [0.25, 0.3) is 0 Å². The van der Waals surface area contributed by atoms with Crippen LogP contribution in [0.4, 0.5) is 0 Å². The number of benzene rings is 1. The Morgan fingerprint density at radius 2 is 1.95 bits per heavy atom. The molecule has 0 atom stereocenters. The zero-order valence-corrected chi connectivity index (χ0v) is 10.9. The molecule has 0 amide bonds. The first-order chi connectivity index (χ1) is 9.36. The summed E-state index contributed by atoms with van der Waals surface area (Å²) in [6.07, 6.45) is 8.42. The van der Waals surface area contributed by atoms with Crippen molar-refractivity contribution in [2.75, 3.05) is 0 Å². The summed E-state index contributed by atoms with van der Waals surface area (Å²) in [5, 5.41) is 0. The van der Waals surface area contributed by atoms with E-state index in [4.69, 9.17) is 10.5 Å². The van der Waals surface area contributed by atoms with Crippen molar-refractivity contribution >= 4 is 0 Å². The van der Waals surface area contributed by atoms with E-state index in [0.717, 1.165) is 23.5 Å². The fraction of sp³-hybridized carbons (Fsp3) is 0.312. The molecule has 3 nitrogen and oxygen atoms in total. The Labute approximate surface area is 113 Å². The fourth-order valence-electron chi connectivity index (χ4n) is 2.57. The van der Waals surface area contributed by atoms with Crippen molar-refractivity contribution < 1.29 is 4.74 Å². The van der Waals surface area contributed by atoms with Crippen LogP contribution in [-0.2, 0) is 19.4 Å². The summed E-state index contributed by atoms with van der Waals surface area (Å²) in [6.45, 7) is 0.439. The monoisotopic (exact) mass is 254 g/mol. The highest BCUT2D eigenvalue weighted by atomic mass is 16.5. The van der Waals surface area contributed by atoms with Gasteiger partial charge in [-0.05, 0) is 55.0 Å². The summed E-state index contributed by atoms with van der Waals surface area (Å²) in [7, 11) is 0. The highest BCUT2D eigenvalue weighted by Gasteiger charge is 2.11. The van der Waals surface area contributed by atoms with Gasteiger partial charge in [-0.1, -0.05) is 6.07 Å². The van der Waals surface area contributed by atoms with E-state index in [9.17, 15) is 0 Å².